The maximum Gasteiger partial charge on any atom is 0.253 e. The topological polar surface area (TPSA) is 67.2 Å². The number of amides is 1. The van der Waals surface area contributed by atoms with Crippen molar-refractivity contribution in [1.29, 1.82) is 0 Å². The molecule has 1 amide bonds. The lowest BCUT2D eigenvalue weighted by Gasteiger charge is -2.14. The zero-order valence-corrected chi connectivity index (χ0v) is 13.6. The molecule has 0 fully saturated rings. The first-order valence-corrected chi connectivity index (χ1v) is 7.49. The van der Waals surface area contributed by atoms with Gasteiger partial charge in [-0.1, -0.05) is 0 Å². The van der Waals surface area contributed by atoms with E-state index in [0.29, 0.717) is 29.2 Å². The number of carbonyl (C=O) groups excluding carboxylic acids is 1. The van der Waals surface area contributed by atoms with Gasteiger partial charge in [-0.15, -0.1) is 0 Å². The molecule has 0 radical (unpaired) electrons. The summed E-state index contributed by atoms with van der Waals surface area (Å²) in [5.74, 6) is -0.487. The van der Waals surface area contributed by atoms with Gasteiger partial charge in [0.15, 0.2) is 0 Å². The van der Waals surface area contributed by atoms with E-state index in [1.807, 2.05) is 29.5 Å². The molecule has 0 bridgehead atoms. The Bertz CT molecular complexity index is 676. The number of rotatable bonds is 4. The molecule has 6 heteroatoms. The zero-order chi connectivity index (χ0) is 15.4. The highest BCUT2D eigenvalue weighted by Gasteiger charge is 2.12. The van der Waals surface area contributed by atoms with Crippen molar-refractivity contribution in [1.82, 2.24) is 5.32 Å². The number of benzene rings is 2. The molecule has 0 aliphatic heterocycles. The van der Waals surface area contributed by atoms with Crippen LogP contribution in [0.2, 0.25) is 0 Å². The van der Waals surface area contributed by atoms with Crippen molar-refractivity contribution in [3.63, 3.8) is 0 Å². The van der Waals surface area contributed by atoms with Gasteiger partial charge in [-0.25, -0.2) is 4.39 Å². The van der Waals surface area contributed by atoms with E-state index in [0.717, 1.165) is 3.57 Å². The SMILES string of the molecule is CCNC(=O)c1ccc(N)cc1Nc1ccc(F)cc1I. The van der Waals surface area contributed by atoms with Gasteiger partial charge in [0.25, 0.3) is 5.91 Å². The molecule has 0 saturated carbocycles. The number of nitrogens with two attached hydrogens (primary N) is 1. The molecule has 2 aromatic carbocycles. The third kappa shape index (κ3) is 3.84. The first-order chi connectivity index (χ1) is 10.0. The lowest BCUT2D eigenvalue weighted by Crippen LogP contribution is -2.23. The van der Waals surface area contributed by atoms with E-state index in [1.54, 1.807) is 24.3 Å². The fourth-order valence-corrected chi connectivity index (χ4v) is 2.47. The van der Waals surface area contributed by atoms with E-state index in [2.05, 4.69) is 10.6 Å². The summed E-state index contributed by atoms with van der Waals surface area (Å²) in [6, 6.07) is 9.43. The maximum absolute atomic E-state index is 13.1. The Hall–Kier alpha value is -1.83. The number of carbonyl (C=O) groups is 1. The molecule has 0 saturated heterocycles. The number of halogens is 2. The van der Waals surface area contributed by atoms with Crippen molar-refractivity contribution < 1.29 is 9.18 Å². The van der Waals surface area contributed by atoms with Crippen molar-refractivity contribution in [2.45, 2.75) is 6.92 Å². The maximum atomic E-state index is 13.1. The van der Waals surface area contributed by atoms with Crippen molar-refractivity contribution in [3.05, 3.63) is 51.3 Å². The summed E-state index contributed by atoms with van der Waals surface area (Å²) >= 11 is 2.03. The van der Waals surface area contributed by atoms with Gasteiger partial charge in [0.2, 0.25) is 0 Å². The highest BCUT2D eigenvalue weighted by molar-refractivity contribution is 14.1. The molecule has 2 rings (SSSR count). The van der Waals surface area contributed by atoms with E-state index in [-0.39, 0.29) is 11.7 Å². The summed E-state index contributed by atoms with van der Waals surface area (Å²) < 4.78 is 13.9. The third-order valence-electron chi connectivity index (χ3n) is 2.83. The lowest BCUT2D eigenvalue weighted by atomic mass is 10.1. The Morgan fingerprint density at radius 3 is 2.67 bits per heavy atom. The Labute approximate surface area is 136 Å². The van der Waals surface area contributed by atoms with Crippen LogP contribution in [0.1, 0.15) is 17.3 Å². The number of anilines is 3. The average Bonchev–Trinajstić information content (AvgIpc) is 2.42. The monoisotopic (exact) mass is 399 g/mol. The normalized spacial score (nSPS) is 10.2. The highest BCUT2D eigenvalue weighted by Crippen LogP contribution is 2.27. The van der Waals surface area contributed by atoms with E-state index in [4.69, 9.17) is 5.73 Å². The summed E-state index contributed by atoms with van der Waals surface area (Å²) in [5.41, 5.74) is 8.12. The Balaban J connectivity index is 2.38. The largest absolute Gasteiger partial charge is 0.399 e. The molecule has 0 atom stereocenters. The Kier molecular flexibility index (Phi) is 5.00. The van der Waals surface area contributed by atoms with Crippen molar-refractivity contribution in [3.8, 4) is 0 Å². The van der Waals surface area contributed by atoms with Crippen LogP contribution in [0.5, 0.6) is 0 Å². The van der Waals surface area contributed by atoms with Crippen LogP contribution in [-0.4, -0.2) is 12.5 Å². The predicted molar refractivity (Wildman–Crippen MR) is 91.3 cm³/mol. The molecule has 0 aliphatic rings. The fraction of sp³-hybridized carbons (Fsp3) is 0.133. The van der Waals surface area contributed by atoms with E-state index in [9.17, 15) is 9.18 Å². The minimum Gasteiger partial charge on any atom is -0.399 e. The summed E-state index contributed by atoms with van der Waals surface area (Å²) in [5, 5.41) is 5.88. The lowest BCUT2D eigenvalue weighted by molar-refractivity contribution is 0.0956. The van der Waals surface area contributed by atoms with Crippen LogP contribution in [-0.2, 0) is 0 Å². The van der Waals surface area contributed by atoms with Gasteiger partial charge in [0, 0.05) is 15.8 Å². The van der Waals surface area contributed by atoms with Gasteiger partial charge >= 0.3 is 0 Å². The quantitative estimate of drug-likeness (QED) is 0.545. The van der Waals surface area contributed by atoms with Gasteiger partial charge in [0.05, 0.1) is 16.9 Å². The van der Waals surface area contributed by atoms with Crippen LogP contribution in [0.15, 0.2) is 36.4 Å². The van der Waals surface area contributed by atoms with Crippen LogP contribution in [0.3, 0.4) is 0 Å². The molecule has 0 aromatic heterocycles. The minimum atomic E-state index is -0.304. The number of hydrogen-bond acceptors (Lipinski definition) is 3. The Morgan fingerprint density at radius 2 is 2.00 bits per heavy atom. The number of hydrogen-bond donors (Lipinski definition) is 3. The van der Waals surface area contributed by atoms with Crippen molar-refractivity contribution in [2.75, 3.05) is 17.6 Å². The molecule has 0 heterocycles. The smallest absolute Gasteiger partial charge is 0.253 e. The van der Waals surface area contributed by atoms with Crippen LogP contribution >= 0.6 is 22.6 Å². The molecule has 0 aliphatic carbocycles. The molecule has 4 N–H and O–H groups in total. The number of nitrogen functional groups attached to an aromatic ring is 1. The molecular weight excluding hydrogens is 384 g/mol. The van der Waals surface area contributed by atoms with E-state index >= 15 is 0 Å². The molecule has 110 valence electrons. The van der Waals surface area contributed by atoms with Crippen LogP contribution in [0, 0.1) is 9.39 Å². The predicted octanol–water partition coefficient (Wildman–Crippen LogP) is 3.51. The standard InChI is InChI=1S/C15H15FIN3O/c1-2-19-15(21)11-5-4-10(18)8-14(11)20-13-6-3-9(16)7-12(13)17/h3-8,20H,2,18H2,1H3,(H,19,21). The molecular formula is C15H15FIN3O. The first-order valence-electron chi connectivity index (χ1n) is 6.41. The van der Waals surface area contributed by atoms with Gasteiger partial charge in [0.1, 0.15) is 5.82 Å². The Morgan fingerprint density at radius 1 is 1.24 bits per heavy atom. The van der Waals surface area contributed by atoms with Gasteiger partial charge in [-0.3, -0.25) is 4.79 Å². The van der Waals surface area contributed by atoms with Gasteiger partial charge < -0.3 is 16.4 Å². The second-order valence-corrected chi connectivity index (χ2v) is 5.58. The molecule has 2 aromatic rings. The molecule has 4 nitrogen and oxygen atoms in total. The summed E-state index contributed by atoms with van der Waals surface area (Å²) in [6.07, 6.45) is 0. The second kappa shape index (κ2) is 6.75. The van der Waals surface area contributed by atoms with Gasteiger partial charge in [-0.05, 0) is 65.9 Å². The van der Waals surface area contributed by atoms with E-state index < -0.39 is 0 Å². The minimum absolute atomic E-state index is 0.183. The second-order valence-electron chi connectivity index (χ2n) is 4.41. The van der Waals surface area contributed by atoms with Crippen LogP contribution in [0.25, 0.3) is 0 Å². The molecule has 0 unspecified atom stereocenters. The van der Waals surface area contributed by atoms with Crippen LogP contribution < -0.4 is 16.4 Å². The van der Waals surface area contributed by atoms with E-state index in [1.165, 1.54) is 12.1 Å². The van der Waals surface area contributed by atoms with Gasteiger partial charge in [-0.2, -0.15) is 0 Å². The summed E-state index contributed by atoms with van der Waals surface area (Å²) in [4.78, 5) is 12.1. The first kappa shape index (κ1) is 15.6. The highest BCUT2D eigenvalue weighted by atomic mass is 127. The van der Waals surface area contributed by atoms with Crippen LogP contribution in [0.4, 0.5) is 21.5 Å². The molecule has 21 heavy (non-hydrogen) atoms. The summed E-state index contributed by atoms with van der Waals surface area (Å²) in [6.45, 7) is 2.39. The molecule has 0 spiro atoms. The zero-order valence-electron chi connectivity index (χ0n) is 11.4. The van der Waals surface area contributed by atoms with Crippen molar-refractivity contribution >= 4 is 45.6 Å². The van der Waals surface area contributed by atoms with Crippen molar-refractivity contribution in [2.24, 2.45) is 0 Å². The summed E-state index contributed by atoms with van der Waals surface area (Å²) in [7, 11) is 0. The fourth-order valence-electron chi connectivity index (χ4n) is 1.86. The average molecular weight is 399 g/mol. The number of nitrogens with one attached hydrogen (secondary N) is 2. The third-order valence-corrected chi connectivity index (χ3v) is 3.72.